The van der Waals surface area contributed by atoms with E-state index in [0.717, 1.165) is 56.1 Å². The second-order valence-electron chi connectivity index (χ2n) is 9.68. The molecule has 2 aliphatic rings. The number of piperidine rings is 1. The maximum absolute atomic E-state index is 14.2. The van der Waals surface area contributed by atoms with Crippen LogP contribution >= 0.6 is 0 Å². The first-order valence-corrected chi connectivity index (χ1v) is 12.1. The molecule has 4 aromatic rings. The zero-order valence-electron chi connectivity index (χ0n) is 19.1. The maximum Gasteiger partial charge on any atom is 0.255 e. The van der Waals surface area contributed by atoms with Crippen LogP contribution in [-0.2, 0) is 0 Å². The van der Waals surface area contributed by atoms with E-state index < -0.39 is 0 Å². The largest absolute Gasteiger partial charge is 0.349 e. The second-order valence-corrected chi connectivity index (χ2v) is 9.68. The van der Waals surface area contributed by atoms with Gasteiger partial charge in [-0.1, -0.05) is 6.92 Å². The lowest BCUT2D eigenvalue weighted by atomic mass is 10.1. The van der Waals surface area contributed by atoms with Crippen LogP contribution < -0.4 is 10.6 Å². The van der Waals surface area contributed by atoms with Crippen molar-refractivity contribution < 1.29 is 9.18 Å². The highest BCUT2D eigenvalue weighted by Gasteiger charge is 2.26. The van der Waals surface area contributed by atoms with E-state index in [0.29, 0.717) is 34.0 Å². The Kier molecular flexibility index (Phi) is 5.28. The standard InChI is InChI=1S/C25H28FN7O/c1-14-2-4-16(10-14)30-25(34)19-12-28-24-23(19)31-20(13-29-24)22-18-5-3-15(26)11-21(18)33(32-22)17-6-8-27-9-7-17/h3,5,11-14,16-17,27H,2,4,6-10H2,1H3,(H,28,29)(H,30,34). The van der Waals surface area contributed by atoms with Gasteiger partial charge in [-0.2, -0.15) is 5.10 Å². The second kappa shape index (κ2) is 8.47. The van der Waals surface area contributed by atoms with Crippen molar-refractivity contribution in [3.05, 3.63) is 42.0 Å². The van der Waals surface area contributed by atoms with Gasteiger partial charge in [-0.25, -0.2) is 14.4 Å². The van der Waals surface area contributed by atoms with Crippen molar-refractivity contribution in [3.8, 4) is 11.4 Å². The van der Waals surface area contributed by atoms with Crippen molar-refractivity contribution in [3.63, 3.8) is 0 Å². The summed E-state index contributed by atoms with van der Waals surface area (Å²) in [6, 6.07) is 5.13. The van der Waals surface area contributed by atoms with Crippen molar-refractivity contribution in [2.45, 2.75) is 51.1 Å². The van der Waals surface area contributed by atoms with Crippen LogP contribution in [0.3, 0.4) is 0 Å². The summed E-state index contributed by atoms with van der Waals surface area (Å²) in [5, 5.41) is 12.2. The van der Waals surface area contributed by atoms with Gasteiger partial charge in [0, 0.05) is 17.6 Å². The van der Waals surface area contributed by atoms with Crippen molar-refractivity contribution in [1.29, 1.82) is 0 Å². The first kappa shape index (κ1) is 21.2. The summed E-state index contributed by atoms with van der Waals surface area (Å²) in [7, 11) is 0. The molecule has 0 radical (unpaired) electrons. The fourth-order valence-corrected chi connectivity index (χ4v) is 5.41. The number of carbonyl (C=O) groups excluding carboxylic acids is 1. The van der Waals surface area contributed by atoms with Gasteiger partial charge < -0.3 is 15.6 Å². The molecule has 1 aliphatic carbocycles. The number of nitrogens with zero attached hydrogens (tertiary/aromatic N) is 4. The monoisotopic (exact) mass is 461 g/mol. The molecule has 1 saturated carbocycles. The Morgan fingerprint density at radius 1 is 1.21 bits per heavy atom. The molecule has 1 amide bonds. The third-order valence-electron chi connectivity index (χ3n) is 7.22. The minimum absolute atomic E-state index is 0.135. The average molecular weight is 462 g/mol. The van der Waals surface area contributed by atoms with Crippen molar-refractivity contribution in [1.82, 2.24) is 35.4 Å². The molecular formula is C25H28FN7O. The third kappa shape index (κ3) is 3.73. The number of fused-ring (bicyclic) bond motifs is 2. The Hall–Kier alpha value is -3.33. The van der Waals surface area contributed by atoms with E-state index in [-0.39, 0.29) is 23.8 Å². The van der Waals surface area contributed by atoms with E-state index in [4.69, 9.17) is 10.1 Å². The Labute approximate surface area is 196 Å². The number of aromatic amines is 1. The van der Waals surface area contributed by atoms with E-state index in [1.807, 2.05) is 4.68 Å². The van der Waals surface area contributed by atoms with Gasteiger partial charge in [-0.05, 0) is 69.3 Å². The van der Waals surface area contributed by atoms with Gasteiger partial charge in [0.15, 0.2) is 5.65 Å². The Morgan fingerprint density at radius 3 is 2.85 bits per heavy atom. The fourth-order valence-electron chi connectivity index (χ4n) is 5.41. The van der Waals surface area contributed by atoms with Gasteiger partial charge in [0.1, 0.15) is 22.7 Å². The molecular weight excluding hydrogens is 433 g/mol. The molecule has 3 N–H and O–H groups in total. The predicted molar refractivity (Wildman–Crippen MR) is 128 cm³/mol. The van der Waals surface area contributed by atoms with Crippen molar-refractivity contribution in [2.24, 2.45) is 5.92 Å². The van der Waals surface area contributed by atoms with Gasteiger partial charge in [-0.3, -0.25) is 9.48 Å². The number of hydrogen-bond donors (Lipinski definition) is 3. The van der Waals surface area contributed by atoms with E-state index in [9.17, 15) is 9.18 Å². The molecule has 1 aromatic carbocycles. The summed E-state index contributed by atoms with van der Waals surface area (Å²) >= 11 is 0. The van der Waals surface area contributed by atoms with Crippen LogP contribution in [0.4, 0.5) is 4.39 Å². The first-order valence-electron chi connectivity index (χ1n) is 12.1. The molecule has 0 bridgehead atoms. The molecule has 0 spiro atoms. The van der Waals surface area contributed by atoms with Crippen molar-refractivity contribution in [2.75, 3.05) is 13.1 Å². The number of rotatable bonds is 4. The molecule has 9 heteroatoms. The highest BCUT2D eigenvalue weighted by atomic mass is 19.1. The number of carbonyl (C=O) groups is 1. The summed E-state index contributed by atoms with van der Waals surface area (Å²) in [5.74, 6) is 0.207. The minimum atomic E-state index is -0.290. The molecule has 176 valence electrons. The molecule has 2 fully saturated rings. The molecule has 34 heavy (non-hydrogen) atoms. The smallest absolute Gasteiger partial charge is 0.255 e. The SMILES string of the molecule is CC1CCC(NC(=O)c2c[nH]c3ncc(-c4nn(C5CCNCC5)c5cc(F)ccc45)nc23)C1. The fraction of sp³-hybridized carbons (Fsp3) is 0.440. The maximum atomic E-state index is 14.2. The normalized spacial score (nSPS) is 21.5. The van der Waals surface area contributed by atoms with Crippen LogP contribution in [0.5, 0.6) is 0 Å². The Balaban J connectivity index is 1.40. The summed E-state index contributed by atoms with van der Waals surface area (Å²) < 4.78 is 16.1. The number of amides is 1. The average Bonchev–Trinajstić information content (AvgIpc) is 3.55. The highest BCUT2D eigenvalue weighted by molar-refractivity contribution is 6.05. The van der Waals surface area contributed by atoms with Gasteiger partial charge in [-0.15, -0.1) is 0 Å². The number of halogens is 1. The van der Waals surface area contributed by atoms with Crippen LogP contribution in [0.15, 0.2) is 30.6 Å². The number of H-pyrrole nitrogens is 1. The third-order valence-corrected chi connectivity index (χ3v) is 7.22. The zero-order chi connectivity index (χ0) is 23.2. The molecule has 1 aliphatic heterocycles. The Bertz CT molecular complexity index is 1370. The lowest BCUT2D eigenvalue weighted by Crippen LogP contribution is -2.32. The van der Waals surface area contributed by atoms with E-state index >= 15 is 0 Å². The summed E-state index contributed by atoms with van der Waals surface area (Å²) in [5.41, 5.74) is 3.54. The topological polar surface area (TPSA) is 101 Å². The summed E-state index contributed by atoms with van der Waals surface area (Å²) in [6.45, 7) is 4.03. The number of nitrogens with one attached hydrogen (secondary N) is 3. The first-order chi connectivity index (χ1) is 16.6. The molecule has 2 atom stereocenters. The van der Waals surface area contributed by atoms with E-state index in [1.54, 1.807) is 18.5 Å². The van der Waals surface area contributed by atoms with Crippen LogP contribution in [0.25, 0.3) is 33.5 Å². The quantitative estimate of drug-likeness (QED) is 0.427. The predicted octanol–water partition coefficient (Wildman–Crippen LogP) is 3.96. The number of aromatic nitrogens is 5. The lowest BCUT2D eigenvalue weighted by molar-refractivity contribution is 0.0939. The van der Waals surface area contributed by atoms with Gasteiger partial charge in [0.25, 0.3) is 5.91 Å². The van der Waals surface area contributed by atoms with Crippen molar-refractivity contribution >= 4 is 28.0 Å². The molecule has 3 aromatic heterocycles. The Morgan fingerprint density at radius 2 is 2.06 bits per heavy atom. The highest BCUT2D eigenvalue weighted by Crippen LogP contribution is 2.32. The molecule has 1 saturated heterocycles. The summed E-state index contributed by atoms with van der Waals surface area (Å²) in [6.07, 6.45) is 8.33. The molecule has 4 heterocycles. The zero-order valence-corrected chi connectivity index (χ0v) is 19.1. The van der Waals surface area contributed by atoms with Crippen LogP contribution in [0, 0.1) is 11.7 Å². The molecule has 2 unspecified atom stereocenters. The number of benzene rings is 1. The van der Waals surface area contributed by atoms with Crippen LogP contribution in [-0.4, -0.2) is 49.8 Å². The summed E-state index contributed by atoms with van der Waals surface area (Å²) in [4.78, 5) is 25.4. The molecule has 8 nitrogen and oxygen atoms in total. The van der Waals surface area contributed by atoms with Gasteiger partial charge in [0.2, 0.25) is 0 Å². The minimum Gasteiger partial charge on any atom is -0.349 e. The van der Waals surface area contributed by atoms with Crippen LogP contribution in [0.2, 0.25) is 0 Å². The van der Waals surface area contributed by atoms with E-state index in [1.165, 1.54) is 12.1 Å². The van der Waals surface area contributed by atoms with E-state index in [2.05, 4.69) is 27.5 Å². The van der Waals surface area contributed by atoms with Gasteiger partial charge in [0.05, 0.1) is 23.3 Å². The molecule has 6 rings (SSSR count). The van der Waals surface area contributed by atoms with Gasteiger partial charge >= 0.3 is 0 Å². The number of hydrogen-bond acceptors (Lipinski definition) is 5. The van der Waals surface area contributed by atoms with Crippen LogP contribution in [0.1, 0.15) is 55.4 Å². The lowest BCUT2D eigenvalue weighted by Gasteiger charge is -2.23.